The molecular formula is C5H12N2. The van der Waals surface area contributed by atoms with Gasteiger partial charge in [-0.1, -0.05) is 0 Å². The molecule has 1 aliphatic rings. The summed E-state index contributed by atoms with van der Waals surface area (Å²) in [6.07, 6.45) is 0. The topological polar surface area (TPSA) is 6.02 Å². The average Bonchev–Trinajstić information content (AvgIpc) is 1.91. The molecule has 0 aliphatic carbocycles. The number of rotatable bonds is 0. The van der Waals surface area contributed by atoms with E-state index in [-0.39, 0.29) is 0 Å². The van der Waals surface area contributed by atoms with Crippen molar-refractivity contribution in [1.82, 2.24) is 10.0 Å². The highest BCUT2D eigenvalue weighted by Crippen LogP contribution is 2.32. The van der Waals surface area contributed by atoms with E-state index in [1.54, 1.807) is 0 Å². The Labute approximate surface area is 44.7 Å². The smallest absolute Gasteiger partial charge is 0.0942 e. The van der Waals surface area contributed by atoms with Gasteiger partial charge in [-0.2, -0.15) is 0 Å². The first-order chi connectivity index (χ1) is 3.07. The fourth-order valence-electron chi connectivity index (χ4n) is 0.689. The molecule has 42 valence electrons. The predicted molar refractivity (Wildman–Crippen MR) is 29.6 cm³/mol. The molecular weight excluding hydrogens is 88.1 g/mol. The minimum absolute atomic E-state index is 0.333. The van der Waals surface area contributed by atoms with E-state index in [0.717, 1.165) is 0 Å². The molecule has 0 aromatic rings. The third-order valence-electron chi connectivity index (χ3n) is 1.99. The van der Waals surface area contributed by atoms with Crippen molar-refractivity contribution in [2.45, 2.75) is 19.5 Å². The maximum absolute atomic E-state index is 2.19. The molecule has 0 aromatic heterocycles. The third-order valence-corrected chi connectivity index (χ3v) is 1.99. The van der Waals surface area contributed by atoms with Gasteiger partial charge >= 0.3 is 0 Å². The summed E-state index contributed by atoms with van der Waals surface area (Å²) < 4.78 is 0. The van der Waals surface area contributed by atoms with Crippen LogP contribution < -0.4 is 0 Å². The molecule has 2 nitrogen and oxygen atoms in total. The molecule has 1 aliphatic heterocycles. The molecule has 1 fully saturated rings. The van der Waals surface area contributed by atoms with E-state index in [2.05, 4.69) is 38.0 Å². The molecule has 0 bridgehead atoms. The molecule has 0 aromatic carbocycles. The fraction of sp³-hybridized carbons (Fsp3) is 1.00. The maximum atomic E-state index is 2.19. The lowest BCUT2D eigenvalue weighted by molar-refractivity contribution is 0.412. The predicted octanol–water partition coefficient (Wildman–Crippen LogP) is 0.515. The quantitative estimate of drug-likeness (QED) is 0.409. The van der Waals surface area contributed by atoms with Gasteiger partial charge in [-0.3, -0.25) is 0 Å². The summed E-state index contributed by atoms with van der Waals surface area (Å²) in [6, 6.07) is 0. The average molecular weight is 100 g/mol. The van der Waals surface area contributed by atoms with Gasteiger partial charge in [0, 0.05) is 14.1 Å². The van der Waals surface area contributed by atoms with Crippen molar-refractivity contribution in [3.05, 3.63) is 0 Å². The first kappa shape index (κ1) is 5.06. The van der Waals surface area contributed by atoms with E-state index < -0.39 is 0 Å². The van der Waals surface area contributed by atoms with Crippen LogP contribution >= 0.6 is 0 Å². The lowest BCUT2D eigenvalue weighted by Gasteiger charge is -1.90. The van der Waals surface area contributed by atoms with Crippen LogP contribution in [-0.2, 0) is 0 Å². The van der Waals surface area contributed by atoms with E-state index in [1.807, 2.05) is 0 Å². The minimum Gasteiger partial charge on any atom is -0.223 e. The van der Waals surface area contributed by atoms with E-state index >= 15 is 0 Å². The van der Waals surface area contributed by atoms with Gasteiger partial charge in [0.2, 0.25) is 0 Å². The molecule has 1 rings (SSSR count). The monoisotopic (exact) mass is 100 g/mol. The first-order valence-corrected chi connectivity index (χ1v) is 2.54. The maximum Gasteiger partial charge on any atom is 0.0942 e. The summed E-state index contributed by atoms with van der Waals surface area (Å²) in [4.78, 5) is 0. The Kier molecular flexibility index (Phi) is 0.730. The van der Waals surface area contributed by atoms with Crippen LogP contribution in [0.3, 0.4) is 0 Å². The van der Waals surface area contributed by atoms with Gasteiger partial charge in [0.25, 0.3) is 0 Å². The molecule has 2 heteroatoms. The molecule has 2 atom stereocenters. The van der Waals surface area contributed by atoms with Crippen molar-refractivity contribution in [3.63, 3.8) is 0 Å². The van der Waals surface area contributed by atoms with Gasteiger partial charge in [-0.25, -0.2) is 10.0 Å². The molecule has 1 heterocycles. The Morgan fingerprint density at radius 1 is 1.00 bits per heavy atom. The van der Waals surface area contributed by atoms with Crippen molar-refractivity contribution < 1.29 is 0 Å². The van der Waals surface area contributed by atoms with Crippen LogP contribution in [0.2, 0.25) is 0 Å². The molecule has 0 N–H and O–H groups in total. The Morgan fingerprint density at radius 3 is 1.14 bits per heavy atom. The van der Waals surface area contributed by atoms with Crippen molar-refractivity contribution in [3.8, 4) is 0 Å². The van der Waals surface area contributed by atoms with Gasteiger partial charge in [-0.15, -0.1) is 0 Å². The zero-order chi connectivity index (χ0) is 5.65. The summed E-state index contributed by atoms with van der Waals surface area (Å²) in [5.74, 6) is 0. The molecule has 7 heavy (non-hydrogen) atoms. The lowest BCUT2D eigenvalue weighted by atomic mass is 10.3. The summed E-state index contributed by atoms with van der Waals surface area (Å²) in [5, 5.41) is 4.38. The molecule has 0 amide bonds. The largest absolute Gasteiger partial charge is 0.223 e. The summed E-state index contributed by atoms with van der Waals surface area (Å²) >= 11 is 0. The second-order valence-corrected chi connectivity index (χ2v) is 2.54. The minimum atomic E-state index is 0.333. The summed E-state index contributed by atoms with van der Waals surface area (Å²) in [5.41, 5.74) is 0.333. The number of hydrazine groups is 1. The highest BCUT2D eigenvalue weighted by atomic mass is 15.9. The van der Waals surface area contributed by atoms with Gasteiger partial charge in [0.1, 0.15) is 0 Å². The van der Waals surface area contributed by atoms with E-state index in [1.165, 1.54) is 0 Å². The number of hydrogen-bond donors (Lipinski definition) is 0. The molecule has 0 radical (unpaired) electrons. The third kappa shape index (κ3) is 0.469. The van der Waals surface area contributed by atoms with E-state index in [9.17, 15) is 0 Å². The Morgan fingerprint density at radius 2 is 1.14 bits per heavy atom. The Balaban J connectivity index is 2.52. The van der Waals surface area contributed by atoms with Crippen molar-refractivity contribution in [2.24, 2.45) is 0 Å². The van der Waals surface area contributed by atoms with Crippen LogP contribution in [-0.4, -0.2) is 29.8 Å². The lowest BCUT2D eigenvalue weighted by Crippen LogP contribution is -2.04. The van der Waals surface area contributed by atoms with E-state index in [4.69, 9.17) is 0 Å². The van der Waals surface area contributed by atoms with Crippen LogP contribution in [0, 0.1) is 0 Å². The number of nitrogens with zero attached hydrogens (tertiary/aromatic N) is 2. The van der Waals surface area contributed by atoms with Crippen LogP contribution in [0.5, 0.6) is 0 Å². The normalized spacial score (nSPS) is 46.3. The van der Waals surface area contributed by atoms with Crippen LogP contribution in [0.25, 0.3) is 0 Å². The van der Waals surface area contributed by atoms with Crippen LogP contribution in [0.15, 0.2) is 0 Å². The fourth-order valence-corrected chi connectivity index (χ4v) is 0.689. The second-order valence-electron chi connectivity index (χ2n) is 2.54. The van der Waals surface area contributed by atoms with Crippen molar-refractivity contribution >= 4 is 0 Å². The highest BCUT2D eigenvalue weighted by Gasteiger charge is 2.46. The van der Waals surface area contributed by atoms with Crippen LogP contribution in [0.1, 0.15) is 13.8 Å². The summed E-state index contributed by atoms with van der Waals surface area (Å²) in [6.45, 7) is 4.38. The zero-order valence-electron chi connectivity index (χ0n) is 5.39. The summed E-state index contributed by atoms with van der Waals surface area (Å²) in [7, 11) is 4.17. The van der Waals surface area contributed by atoms with Gasteiger partial charge in [-0.05, 0) is 13.8 Å². The standard InChI is InChI=1S/C5H12N2/c1-5(2)6(3)7(5)4/h1-4H3. The van der Waals surface area contributed by atoms with Crippen LogP contribution in [0.4, 0.5) is 0 Å². The first-order valence-electron chi connectivity index (χ1n) is 2.54. The Hall–Kier alpha value is -0.0800. The van der Waals surface area contributed by atoms with E-state index in [0.29, 0.717) is 5.66 Å². The SMILES string of the molecule is CN1N(C)C1(C)C. The van der Waals surface area contributed by atoms with Gasteiger partial charge in [0.15, 0.2) is 0 Å². The van der Waals surface area contributed by atoms with Gasteiger partial charge in [0.05, 0.1) is 5.66 Å². The Bertz CT molecular complexity index is 78.1. The van der Waals surface area contributed by atoms with Crippen molar-refractivity contribution in [2.75, 3.05) is 14.1 Å². The molecule has 0 spiro atoms. The highest BCUT2D eigenvalue weighted by molar-refractivity contribution is 4.87. The molecule has 0 saturated carbocycles. The second kappa shape index (κ2) is 1.01. The van der Waals surface area contributed by atoms with Crippen molar-refractivity contribution in [1.29, 1.82) is 0 Å². The number of hydrogen-bond acceptors (Lipinski definition) is 2. The van der Waals surface area contributed by atoms with Gasteiger partial charge < -0.3 is 0 Å². The molecule has 1 saturated heterocycles. The zero-order valence-corrected chi connectivity index (χ0v) is 5.39. The molecule has 2 unspecified atom stereocenters.